The molecule has 0 radical (unpaired) electrons. The smallest absolute Gasteiger partial charge is 0.335 e. The highest BCUT2D eigenvalue weighted by molar-refractivity contribution is 7.86. The number of hydrogen-bond acceptors (Lipinski definition) is 6. The minimum Gasteiger partial charge on any atom is -0.431 e. The molecule has 1 atom stereocenters. The summed E-state index contributed by atoms with van der Waals surface area (Å²) in [5.74, 6) is -0.702. The Morgan fingerprint density at radius 2 is 1.61 bits per heavy atom. The molecule has 0 fully saturated rings. The van der Waals surface area contributed by atoms with Gasteiger partial charge in [-0.1, -0.05) is 24.3 Å². The maximum Gasteiger partial charge on any atom is 0.335 e. The lowest BCUT2D eigenvalue weighted by atomic mass is 10.2. The van der Waals surface area contributed by atoms with Crippen molar-refractivity contribution in [2.24, 2.45) is 0 Å². The fourth-order valence-corrected chi connectivity index (χ4v) is 2.19. The van der Waals surface area contributed by atoms with Crippen LogP contribution in [0, 0.1) is 6.92 Å². The lowest BCUT2D eigenvalue weighted by Gasteiger charge is -2.14. The Morgan fingerprint density at radius 1 is 1.17 bits per heavy atom. The zero-order valence-electron chi connectivity index (χ0n) is 14.5. The van der Waals surface area contributed by atoms with Crippen molar-refractivity contribution in [3.63, 3.8) is 0 Å². The number of aryl methyl sites for hydroxylation is 1. The van der Waals surface area contributed by atoms with Crippen molar-refractivity contribution in [1.29, 1.82) is 0 Å². The van der Waals surface area contributed by atoms with Crippen LogP contribution in [0.3, 0.4) is 0 Å². The largest absolute Gasteiger partial charge is 0.431 e. The van der Waals surface area contributed by atoms with E-state index in [9.17, 15) is 13.2 Å². The highest BCUT2D eigenvalue weighted by atomic mass is 32.2. The molecule has 0 bridgehead atoms. The third kappa shape index (κ3) is 9.12. The summed E-state index contributed by atoms with van der Waals surface area (Å²) >= 11 is 0. The van der Waals surface area contributed by atoms with E-state index in [0.717, 1.165) is 5.56 Å². The van der Waals surface area contributed by atoms with Crippen molar-refractivity contribution in [3.8, 4) is 0 Å². The van der Waals surface area contributed by atoms with Crippen LogP contribution in [0.25, 0.3) is 0 Å². The Labute approximate surface area is 138 Å². The molecule has 7 heteroatoms. The lowest BCUT2D eigenvalue weighted by Crippen LogP contribution is -2.22. The van der Waals surface area contributed by atoms with Gasteiger partial charge in [-0.3, -0.25) is 0 Å². The maximum atomic E-state index is 11.9. The summed E-state index contributed by atoms with van der Waals surface area (Å²) in [6.07, 6.45) is -1.21. The first kappa shape index (κ1) is 21.3. The molecule has 130 valence electrons. The molecule has 0 saturated carbocycles. The second-order valence-corrected chi connectivity index (χ2v) is 7.03. The number of rotatable bonds is 5. The summed E-state index contributed by atoms with van der Waals surface area (Å²) in [6.45, 7) is 8.02. The monoisotopic (exact) mass is 343 g/mol. The fourth-order valence-electron chi connectivity index (χ4n) is 1.21. The second-order valence-electron chi connectivity index (χ2n) is 5.46. The van der Waals surface area contributed by atoms with Gasteiger partial charge in [0.1, 0.15) is 0 Å². The van der Waals surface area contributed by atoms with Gasteiger partial charge in [-0.2, -0.15) is 8.42 Å². The molecule has 0 saturated heterocycles. The summed E-state index contributed by atoms with van der Waals surface area (Å²) < 4.78 is 33.3. The topological polar surface area (TPSA) is 72.9 Å². The van der Waals surface area contributed by atoms with Crippen LogP contribution in [0.15, 0.2) is 41.3 Å². The molecule has 0 N–H and O–H groups in total. The molecule has 0 aromatic heterocycles. The van der Waals surface area contributed by atoms with Crippen LogP contribution in [-0.2, 0) is 23.8 Å². The van der Waals surface area contributed by atoms with E-state index in [1.165, 1.54) is 26.0 Å². The van der Waals surface area contributed by atoms with Gasteiger partial charge in [0.2, 0.25) is 6.29 Å². The number of hydrogen-bond donors (Lipinski definition) is 0. The van der Waals surface area contributed by atoms with Gasteiger partial charge in [0.15, 0.2) is 0 Å². The summed E-state index contributed by atoms with van der Waals surface area (Å²) in [7, 11) is 2.05. The fraction of sp³-hybridized carbons (Fsp3) is 0.438. The highest BCUT2D eigenvalue weighted by Gasteiger charge is 2.21. The first-order valence-electron chi connectivity index (χ1n) is 6.93. The van der Waals surface area contributed by atoms with Gasteiger partial charge in [0.05, 0.1) is 4.90 Å². The van der Waals surface area contributed by atoms with Crippen LogP contribution < -0.4 is 0 Å². The van der Waals surface area contributed by atoms with Crippen molar-refractivity contribution >= 4 is 16.1 Å². The summed E-state index contributed by atoms with van der Waals surface area (Å²) in [4.78, 5) is 13.2. The average molecular weight is 343 g/mol. The van der Waals surface area contributed by atoms with Crippen LogP contribution in [-0.4, -0.2) is 46.7 Å². The molecule has 1 aromatic carbocycles. The van der Waals surface area contributed by atoms with Crippen molar-refractivity contribution in [2.45, 2.75) is 32.0 Å². The van der Waals surface area contributed by atoms with Crippen molar-refractivity contribution < 1.29 is 22.1 Å². The van der Waals surface area contributed by atoms with E-state index < -0.39 is 22.4 Å². The molecule has 0 aliphatic carbocycles. The lowest BCUT2D eigenvalue weighted by molar-refractivity contribution is -0.155. The number of esters is 1. The van der Waals surface area contributed by atoms with Gasteiger partial charge in [-0.05, 0) is 54.0 Å². The van der Waals surface area contributed by atoms with Gasteiger partial charge in [0, 0.05) is 5.57 Å². The van der Waals surface area contributed by atoms with Gasteiger partial charge in [-0.15, -0.1) is 0 Å². The minimum absolute atomic E-state index is 0.0105. The normalized spacial score (nSPS) is 12.1. The first-order chi connectivity index (χ1) is 10.5. The molecule has 1 aromatic rings. The highest BCUT2D eigenvalue weighted by Crippen LogP contribution is 2.15. The number of carbonyl (C=O) groups excluding carboxylic acids is 1. The summed E-state index contributed by atoms with van der Waals surface area (Å²) in [5.41, 5.74) is 1.10. The van der Waals surface area contributed by atoms with E-state index >= 15 is 0 Å². The van der Waals surface area contributed by atoms with E-state index in [1.807, 2.05) is 33.0 Å². The van der Waals surface area contributed by atoms with Crippen LogP contribution in [0.5, 0.6) is 0 Å². The first-order valence-corrected chi connectivity index (χ1v) is 8.34. The van der Waals surface area contributed by atoms with Crippen molar-refractivity contribution in [1.82, 2.24) is 4.90 Å². The Bertz CT molecular complexity index is 618. The number of benzene rings is 1. The number of ether oxygens (including phenoxy) is 1. The standard InChI is InChI=1S/C13H16O5S.C3H9N/c1-9(2)13(14)17-11(4)18-19(15,16)12-7-5-10(3)6-8-12;1-4(2)3/h5-8,11H,1H2,2-4H3;1-3H3. The van der Waals surface area contributed by atoms with E-state index in [-0.39, 0.29) is 10.5 Å². The van der Waals surface area contributed by atoms with E-state index in [1.54, 1.807) is 12.1 Å². The Balaban J connectivity index is 0.00000108. The van der Waals surface area contributed by atoms with Crippen LogP contribution in [0.4, 0.5) is 0 Å². The second kappa shape index (κ2) is 9.44. The SMILES string of the molecule is C=C(C)C(=O)OC(C)OS(=O)(=O)c1ccc(C)cc1.CN(C)C. The van der Waals surface area contributed by atoms with Crippen molar-refractivity contribution in [3.05, 3.63) is 42.0 Å². The molecule has 0 spiro atoms. The van der Waals surface area contributed by atoms with Crippen molar-refractivity contribution in [2.75, 3.05) is 21.1 Å². The van der Waals surface area contributed by atoms with E-state index in [2.05, 4.69) is 6.58 Å². The van der Waals surface area contributed by atoms with E-state index in [4.69, 9.17) is 8.92 Å². The quantitative estimate of drug-likeness (QED) is 0.354. The third-order valence-electron chi connectivity index (χ3n) is 2.19. The molecule has 6 nitrogen and oxygen atoms in total. The molecule has 1 unspecified atom stereocenters. The Kier molecular flexibility index (Phi) is 8.74. The van der Waals surface area contributed by atoms with Gasteiger partial charge < -0.3 is 9.64 Å². The molecule has 0 aliphatic heterocycles. The van der Waals surface area contributed by atoms with Gasteiger partial charge in [-0.25, -0.2) is 8.98 Å². The Morgan fingerprint density at radius 3 is 2.00 bits per heavy atom. The molecule has 1 rings (SSSR count). The molecule has 0 heterocycles. The molecule has 0 aliphatic rings. The summed E-state index contributed by atoms with van der Waals surface area (Å²) in [6, 6.07) is 6.16. The predicted octanol–water partition coefficient (Wildman–Crippen LogP) is 2.34. The summed E-state index contributed by atoms with van der Waals surface area (Å²) in [5, 5.41) is 0. The third-order valence-corrected chi connectivity index (χ3v) is 3.57. The zero-order chi connectivity index (χ0) is 18.2. The van der Waals surface area contributed by atoms with Crippen LogP contribution in [0.1, 0.15) is 19.4 Å². The molecular formula is C16H25NO5S. The van der Waals surface area contributed by atoms with Crippen LogP contribution in [0.2, 0.25) is 0 Å². The van der Waals surface area contributed by atoms with Gasteiger partial charge >= 0.3 is 5.97 Å². The zero-order valence-corrected chi connectivity index (χ0v) is 15.3. The predicted molar refractivity (Wildman–Crippen MR) is 89.4 cm³/mol. The Hall–Kier alpha value is -1.70. The number of carbonyl (C=O) groups is 1. The average Bonchev–Trinajstić information content (AvgIpc) is 2.37. The van der Waals surface area contributed by atoms with Gasteiger partial charge in [0.25, 0.3) is 10.1 Å². The van der Waals surface area contributed by atoms with E-state index in [0.29, 0.717) is 0 Å². The molecule has 23 heavy (non-hydrogen) atoms. The molecule has 0 amide bonds. The number of nitrogens with zero attached hydrogens (tertiary/aromatic N) is 1. The van der Waals surface area contributed by atoms with Crippen LogP contribution >= 0.6 is 0 Å². The maximum absolute atomic E-state index is 11.9. The minimum atomic E-state index is -3.95. The molecular weight excluding hydrogens is 318 g/mol.